The second kappa shape index (κ2) is 12.6. The number of methoxy groups -OCH3 is 2. The maximum atomic E-state index is 12.0. The van der Waals surface area contributed by atoms with Gasteiger partial charge in [-0.3, -0.25) is 4.99 Å². The van der Waals surface area contributed by atoms with E-state index >= 15 is 0 Å². The van der Waals surface area contributed by atoms with Crippen LogP contribution in [0.3, 0.4) is 0 Å². The van der Waals surface area contributed by atoms with Gasteiger partial charge < -0.3 is 24.8 Å². The standard InChI is InChI=1S/C20H28N4O4S.HI/c1-7-28-19(25)17-12(2)23-18(29-17)13(3)24-20(21-4)22-11-14-8-9-15(26-5)16(10-14)27-6;/h8-10,13H,7,11H2,1-6H3,(H2,21,22,24);1H. The van der Waals surface area contributed by atoms with Crippen LogP contribution in [-0.2, 0) is 11.3 Å². The van der Waals surface area contributed by atoms with Crippen molar-refractivity contribution >= 4 is 47.2 Å². The van der Waals surface area contributed by atoms with Crippen molar-refractivity contribution in [3.63, 3.8) is 0 Å². The summed E-state index contributed by atoms with van der Waals surface area (Å²) in [6.07, 6.45) is 0. The van der Waals surface area contributed by atoms with Crippen molar-refractivity contribution < 1.29 is 19.0 Å². The van der Waals surface area contributed by atoms with Crippen molar-refractivity contribution in [2.75, 3.05) is 27.9 Å². The van der Waals surface area contributed by atoms with Crippen molar-refractivity contribution in [2.24, 2.45) is 4.99 Å². The summed E-state index contributed by atoms with van der Waals surface area (Å²) in [6.45, 7) is 6.46. The number of aromatic nitrogens is 1. The van der Waals surface area contributed by atoms with Gasteiger partial charge in [-0.2, -0.15) is 0 Å². The number of guanidine groups is 1. The zero-order valence-corrected chi connectivity index (χ0v) is 21.2. The Kier molecular flexibility index (Phi) is 10.9. The smallest absolute Gasteiger partial charge is 0.350 e. The van der Waals surface area contributed by atoms with Crippen LogP contribution < -0.4 is 20.1 Å². The van der Waals surface area contributed by atoms with Gasteiger partial charge in [0.05, 0.1) is 32.6 Å². The third-order valence-corrected chi connectivity index (χ3v) is 5.45. The number of nitrogens with one attached hydrogen (secondary N) is 2. The molecule has 0 saturated carbocycles. The topological polar surface area (TPSA) is 94.1 Å². The highest BCUT2D eigenvalue weighted by molar-refractivity contribution is 14.0. The van der Waals surface area contributed by atoms with Gasteiger partial charge in [-0.05, 0) is 38.5 Å². The minimum absolute atomic E-state index is 0. The Labute approximate surface area is 198 Å². The number of aryl methyl sites for hydroxylation is 1. The summed E-state index contributed by atoms with van der Waals surface area (Å²) in [6, 6.07) is 5.61. The SMILES string of the molecule is CCOC(=O)c1sc(C(C)NC(=NC)NCc2ccc(OC)c(OC)c2)nc1C.I. The molecule has 0 fully saturated rings. The lowest BCUT2D eigenvalue weighted by atomic mass is 10.2. The Bertz CT molecular complexity index is 872. The number of aliphatic imine (C=N–C) groups is 1. The lowest BCUT2D eigenvalue weighted by Crippen LogP contribution is -2.38. The van der Waals surface area contributed by atoms with E-state index in [4.69, 9.17) is 14.2 Å². The average Bonchev–Trinajstić information content (AvgIpc) is 3.12. The third-order valence-electron chi connectivity index (χ3n) is 4.13. The average molecular weight is 548 g/mol. The van der Waals surface area contributed by atoms with Gasteiger partial charge in [-0.25, -0.2) is 9.78 Å². The van der Waals surface area contributed by atoms with Gasteiger partial charge in [0.1, 0.15) is 9.88 Å². The second-order valence-corrected chi connectivity index (χ2v) is 7.20. The fraction of sp³-hybridized carbons (Fsp3) is 0.450. The fourth-order valence-electron chi connectivity index (χ4n) is 2.63. The van der Waals surface area contributed by atoms with E-state index in [0.29, 0.717) is 41.2 Å². The first-order valence-corrected chi connectivity index (χ1v) is 10.1. The molecule has 10 heteroatoms. The molecule has 1 atom stereocenters. The predicted molar refractivity (Wildman–Crippen MR) is 130 cm³/mol. The van der Waals surface area contributed by atoms with E-state index < -0.39 is 0 Å². The molecule has 0 bridgehead atoms. The molecular weight excluding hydrogens is 519 g/mol. The number of rotatable bonds is 8. The van der Waals surface area contributed by atoms with Gasteiger partial charge in [0.2, 0.25) is 0 Å². The van der Waals surface area contributed by atoms with Crippen molar-refractivity contribution in [2.45, 2.75) is 33.4 Å². The number of nitrogens with zero attached hydrogens (tertiary/aromatic N) is 2. The van der Waals surface area contributed by atoms with E-state index in [2.05, 4.69) is 20.6 Å². The van der Waals surface area contributed by atoms with Crippen LogP contribution in [0.1, 0.15) is 45.8 Å². The van der Waals surface area contributed by atoms with E-state index in [1.54, 1.807) is 28.2 Å². The molecule has 0 radical (unpaired) electrons. The van der Waals surface area contributed by atoms with Gasteiger partial charge >= 0.3 is 5.97 Å². The lowest BCUT2D eigenvalue weighted by molar-refractivity contribution is 0.0531. The summed E-state index contributed by atoms with van der Waals surface area (Å²) in [5, 5.41) is 7.35. The molecule has 2 rings (SSSR count). The van der Waals surface area contributed by atoms with Crippen LogP contribution in [-0.4, -0.2) is 44.8 Å². The third kappa shape index (κ3) is 6.73. The number of halogens is 1. The summed E-state index contributed by atoms with van der Waals surface area (Å²) in [4.78, 5) is 21.3. The monoisotopic (exact) mass is 548 g/mol. The molecule has 0 spiro atoms. The maximum Gasteiger partial charge on any atom is 0.350 e. The molecular formula is C20H29IN4O4S. The molecule has 0 saturated heterocycles. The van der Waals surface area contributed by atoms with E-state index in [9.17, 15) is 4.79 Å². The molecule has 2 aromatic rings. The van der Waals surface area contributed by atoms with E-state index in [1.165, 1.54) is 11.3 Å². The molecule has 30 heavy (non-hydrogen) atoms. The van der Waals surface area contributed by atoms with Crippen LogP contribution in [0.4, 0.5) is 0 Å². The Hall–Kier alpha value is -2.08. The number of carbonyl (C=O) groups is 1. The molecule has 1 aromatic carbocycles. The Morgan fingerprint density at radius 3 is 2.57 bits per heavy atom. The summed E-state index contributed by atoms with van der Waals surface area (Å²) in [5.41, 5.74) is 1.69. The summed E-state index contributed by atoms with van der Waals surface area (Å²) in [5.74, 6) is 1.64. The molecule has 0 amide bonds. The van der Waals surface area contributed by atoms with Crippen LogP contribution in [0.2, 0.25) is 0 Å². The molecule has 1 heterocycles. The van der Waals surface area contributed by atoms with Crippen molar-refractivity contribution in [1.82, 2.24) is 15.6 Å². The first kappa shape index (κ1) is 26.0. The van der Waals surface area contributed by atoms with Crippen LogP contribution in [0, 0.1) is 6.92 Å². The highest BCUT2D eigenvalue weighted by atomic mass is 127. The number of thiazole rings is 1. The van der Waals surface area contributed by atoms with Crippen molar-refractivity contribution in [3.8, 4) is 11.5 Å². The van der Waals surface area contributed by atoms with Gasteiger partial charge in [-0.15, -0.1) is 35.3 Å². The highest BCUT2D eigenvalue weighted by Crippen LogP contribution is 2.27. The summed E-state index contributed by atoms with van der Waals surface area (Å²) in [7, 11) is 4.92. The maximum absolute atomic E-state index is 12.0. The van der Waals surface area contributed by atoms with Gasteiger partial charge in [0.25, 0.3) is 0 Å². The largest absolute Gasteiger partial charge is 0.493 e. The predicted octanol–water partition coefficient (Wildman–Crippen LogP) is 3.69. The van der Waals surface area contributed by atoms with Crippen LogP contribution in [0.15, 0.2) is 23.2 Å². The molecule has 0 aliphatic carbocycles. The first-order valence-electron chi connectivity index (χ1n) is 9.25. The minimum atomic E-state index is -0.336. The number of hydrogen-bond acceptors (Lipinski definition) is 7. The quantitative estimate of drug-likeness (QED) is 0.225. The summed E-state index contributed by atoms with van der Waals surface area (Å²) >= 11 is 1.33. The van der Waals surface area contributed by atoms with E-state index in [0.717, 1.165) is 10.6 Å². The zero-order chi connectivity index (χ0) is 21.4. The molecule has 0 aliphatic rings. The number of benzene rings is 1. The Balaban J connectivity index is 0.00000450. The number of ether oxygens (including phenoxy) is 3. The van der Waals surface area contributed by atoms with Gasteiger partial charge in [0.15, 0.2) is 17.5 Å². The fourth-order valence-corrected chi connectivity index (χ4v) is 3.59. The van der Waals surface area contributed by atoms with Crippen molar-refractivity contribution in [3.05, 3.63) is 39.3 Å². The number of hydrogen-bond donors (Lipinski definition) is 2. The van der Waals surface area contributed by atoms with Crippen LogP contribution in [0.5, 0.6) is 11.5 Å². The normalized spacial score (nSPS) is 11.9. The number of carbonyl (C=O) groups excluding carboxylic acids is 1. The van der Waals surface area contributed by atoms with Crippen LogP contribution >= 0.6 is 35.3 Å². The van der Waals surface area contributed by atoms with Crippen molar-refractivity contribution in [1.29, 1.82) is 0 Å². The lowest BCUT2D eigenvalue weighted by Gasteiger charge is -2.17. The molecule has 8 nitrogen and oxygen atoms in total. The molecule has 1 aromatic heterocycles. The van der Waals surface area contributed by atoms with E-state index in [-0.39, 0.29) is 36.0 Å². The number of esters is 1. The van der Waals surface area contributed by atoms with E-state index in [1.807, 2.05) is 32.0 Å². The molecule has 166 valence electrons. The zero-order valence-electron chi connectivity index (χ0n) is 18.1. The molecule has 1 unspecified atom stereocenters. The molecule has 2 N–H and O–H groups in total. The van der Waals surface area contributed by atoms with Crippen LogP contribution in [0.25, 0.3) is 0 Å². The highest BCUT2D eigenvalue weighted by Gasteiger charge is 2.20. The minimum Gasteiger partial charge on any atom is -0.493 e. The first-order chi connectivity index (χ1) is 13.9. The Morgan fingerprint density at radius 2 is 1.97 bits per heavy atom. The van der Waals surface area contributed by atoms with Gasteiger partial charge in [0, 0.05) is 13.6 Å². The van der Waals surface area contributed by atoms with Gasteiger partial charge in [-0.1, -0.05) is 6.07 Å². The Morgan fingerprint density at radius 1 is 1.27 bits per heavy atom. The molecule has 0 aliphatic heterocycles. The second-order valence-electron chi connectivity index (χ2n) is 6.17. The summed E-state index contributed by atoms with van der Waals surface area (Å²) < 4.78 is 15.7.